The van der Waals surface area contributed by atoms with Gasteiger partial charge in [-0.25, -0.2) is 0 Å². The fraction of sp³-hybridized carbons (Fsp3) is 0.486. The summed E-state index contributed by atoms with van der Waals surface area (Å²) in [6, 6.07) is 15.7. The van der Waals surface area contributed by atoms with Crippen LogP contribution in [0, 0.1) is 6.92 Å². The van der Waals surface area contributed by atoms with E-state index in [2.05, 4.69) is 12.1 Å². The minimum atomic E-state index is -1.47. The summed E-state index contributed by atoms with van der Waals surface area (Å²) in [6.07, 6.45) is 0. The van der Waals surface area contributed by atoms with Crippen LogP contribution >= 0.6 is 7.92 Å². The first-order valence-corrected chi connectivity index (χ1v) is 16.7. The number of ether oxygens (including phenoxy) is 11. The predicted molar refractivity (Wildman–Crippen MR) is 183 cm³/mol. The molecule has 0 saturated heterocycles. The standard InChI is InChI=1S/C35H49O11P/c1-26-22-27(24-44-21-20-43-19-18-42-16-14-36-2)33(46-25-45-17-15-37-3)32(23-26)47(34-28(38-4)10-8-11-29(34)39-5)35-30(40-6)12-9-13-31(35)41-7/h8-13,22-23H,14-21,24-25H2,1-7H3. The van der Waals surface area contributed by atoms with Crippen molar-refractivity contribution in [2.45, 2.75) is 13.5 Å². The molecule has 0 unspecified atom stereocenters. The highest BCUT2D eigenvalue weighted by molar-refractivity contribution is 7.80. The van der Waals surface area contributed by atoms with Gasteiger partial charge >= 0.3 is 0 Å². The fourth-order valence-electron chi connectivity index (χ4n) is 4.79. The van der Waals surface area contributed by atoms with Gasteiger partial charge in [-0.2, -0.15) is 0 Å². The third kappa shape index (κ3) is 11.2. The smallest absolute Gasteiger partial charge is 0.189 e. The lowest BCUT2D eigenvalue weighted by molar-refractivity contribution is -0.0111. The molecule has 0 saturated carbocycles. The monoisotopic (exact) mass is 676 g/mol. The second-order valence-corrected chi connectivity index (χ2v) is 12.1. The highest BCUT2D eigenvalue weighted by Crippen LogP contribution is 2.48. The molecular weight excluding hydrogens is 627 g/mol. The zero-order chi connectivity index (χ0) is 33.9. The summed E-state index contributed by atoms with van der Waals surface area (Å²) in [6.45, 7) is 6.03. The van der Waals surface area contributed by atoms with Crippen LogP contribution in [0.5, 0.6) is 28.7 Å². The Hall–Kier alpha value is -3.15. The second-order valence-electron chi connectivity index (χ2n) is 10.1. The molecule has 0 amide bonds. The van der Waals surface area contributed by atoms with Gasteiger partial charge in [-0.05, 0) is 42.8 Å². The lowest BCUT2D eigenvalue weighted by atomic mass is 10.1. The SMILES string of the molecule is COCCOCCOCCOCc1cc(C)cc(P(c2c(OC)cccc2OC)c2c(OC)cccc2OC)c1OCOCCOC. The summed E-state index contributed by atoms with van der Waals surface area (Å²) >= 11 is 0. The molecule has 0 radical (unpaired) electrons. The summed E-state index contributed by atoms with van der Waals surface area (Å²) in [4.78, 5) is 0. The van der Waals surface area contributed by atoms with Gasteiger partial charge in [0, 0.05) is 33.0 Å². The molecule has 0 aliphatic rings. The average Bonchev–Trinajstić information content (AvgIpc) is 3.09. The minimum Gasteiger partial charge on any atom is -0.496 e. The molecular formula is C35H49O11P. The van der Waals surface area contributed by atoms with Gasteiger partial charge in [-0.3, -0.25) is 0 Å². The van der Waals surface area contributed by atoms with E-state index in [-0.39, 0.29) is 13.4 Å². The molecule has 0 atom stereocenters. The van der Waals surface area contributed by atoms with E-state index in [0.29, 0.717) is 81.6 Å². The Morgan fingerprint density at radius 2 is 0.979 bits per heavy atom. The van der Waals surface area contributed by atoms with Crippen LogP contribution in [0.15, 0.2) is 48.5 Å². The van der Waals surface area contributed by atoms with Gasteiger partial charge in [0.05, 0.1) is 98.5 Å². The number of hydrogen-bond donors (Lipinski definition) is 0. The van der Waals surface area contributed by atoms with Crippen LogP contribution in [0.3, 0.4) is 0 Å². The average molecular weight is 677 g/mol. The molecule has 11 nitrogen and oxygen atoms in total. The second kappa shape index (κ2) is 21.7. The molecule has 3 aromatic carbocycles. The first-order chi connectivity index (χ1) is 23.0. The minimum absolute atomic E-state index is 0.00783. The zero-order valence-corrected chi connectivity index (χ0v) is 29.5. The Morgan fingerprint density at radius 1 is 0.532 bits per heavy atom. The molecule has 0 heterocycles. The fourth-order valence-corrected chi connectivity index (χ4v) is 7.78. The van der Waals surface area contributed by atoms with Gasteiger partial charge < -0.3 is 52.1 Å². The lowest BCUT2D eigenvalue weighted by Crippen LogP contribution is -2.28. The Kier molecular flexibility index (Phi) is 17.7. The van der Waals surface area contributed by atoms with Crippen LogP contribution in [-0.4, -0.2) is 102 Å². The van der Waals surface area contributed by atoms with E-state index >= 15 is 0 Å². The number of benzene rings is 3. The van der Waals surface area contributed by atoms with Crippen LogP contribution in [0.4, 0.5) is 0 Å². The van der Waals surface area contributed by atoms with Gasteiger partial charge in [0.15, 0.2) is 6.79 Å². The quantitative estimate of drug-likeness (QED) is 0.0783. The van der Waals surface area contributed by atoms with Crippen molar-refractivity contribution in [1.29, 1.82) is 0 Å². The molecule has 47 heavy (non-hydrogen) atoms. The predicted octanol–water partition coefficient (Wildman–Crippen LogP) is 3.98. The van der Waals surface area contributed by atoms with Crippen LogP contribution in [0.25, 0.3) is 0 Å². The third-order valence-electron chi connectivity index (χ3n) is 6.93. The molecule has 3 aromatic rings. The van der Waals surface area contributed by atoms with E-state index < -0.39 is 7.92 Å². The summed E-state index contributed by atoms with van der Waals surface area (Å²) < 4.78 is 63.4. The van der Waals surface area contributed by atoms with Gasteiger partial charge in [0.1, 0.15) is 28.7 Å². The lowest BCUT2D eigenvalue weighted by Gasteiger charge is -2.29. The van der Waals surface area contributed by atoms with E-state index in [9.17, 15) is 0 Å². The number of aryl methyl sites for hydroxylation is 1. The first kappa shape index (κ1) is 38.3. The van der Waals surface area contributed by atoms with E-state index in [1.165, 1.54) is 0 Å². The maximum atomic E-state index is 6.47. The Balaban J connectivity index is 2.08. The van der Waals surface area contributed by atoms with Gasteiger partial charge in [0.25, 0.3) is 0 Å². The molecule has 12 heteroatoms. The van der Waals surface area contributed by atoms with Crippen molar-refractivity contribution in [1.82, 2.24) is 0 Å². The maximum Gasteiger partial charge on any atom is 0.189 e. The molecule has 0 aliphatic heterocycles. The Morgan fingerprint density at radius 3 is 1.45 bits per heavy atom. The molecule has 0 bridgehead atoms. The van der Waals surface area contributed by atoms with Gasteiger partial charge in [0.2, 0.25) is 0 Å². The van der Waals surface area contributed by atoms with Crippen LogP contribution in [0.1, 0.15) is 11.1 Å². The maximum absolute atomic E-state index is 6.47. The van der Waals surface area contributed by atoms with Crippen molar-refractivity contribution in [2.24, 2.45) is 0 Å². The topological polar surface area (TPSA) is 102 Å². The largest absolute Gasteiger partial charge is 0.496 e. The van der Waals surface area contributed by atoms with Crippen LogP contribution in [0.2, 0.25) is 0 Å². The van der Waals surface area contributed by atoms with E-state index in [0.717, 1.165) is 27.0 Å². The van der Waals surface area contributed by atoms with Gasteiger partial charge in [-0.15, -0.1) is 0 Å². The highest BCUT2D eigenvalue weighted by Gasteiger charge is 2.33. The highest BCUT2D eigenvalue weighted by atomic mass is 31.1. The van der Waals surface area contributed by atoms with Crippen molar-refractivity contribution in [2.75, 3.05) is 102 Å². The van der Waals surface area contributed by atoms with Crippen LogP contribution < -0.4 is 39.6 Å². The third-order valence-corrected chi connectivity index (χ3v) is 9.52. The van der Waals surface area contributed by atoms with Crippen molar-refractivity contribution in [3.63, 3.8) is 0 Å². The molecule has 0 aliphatic carbocycles. The molecule has 3 rings (SSSR count). The van der Waals surface area contributed by atoms with Crippen molar-refractivity contribution < 1.29 is 52.1 Å². The molecule has 0 aromatic heterocycles. The number of rotatable bonds is 24. The number of hydrogen-bond acceptors (Lipinski definition) is 11. The van der Waals surface area contributed by atoms with E-state index in [1.807, 2.05) is 43.3 Å². The molecule has 0 fully saturated rings. The van der Waals surface area contributed by atoms with E-state index in [4.69, 9.17) is 52.1 Å². The van der Waals surface area contributed by atoms with Crippen molar-refractivity contribution >= 4 is 23.8 Å². The van der Waals surface area contributed by atoms with Gasteiger partial charge in [-0.1, -0.05) is 18.2 Å². The molecule has 260 valence electrons. The summed E-state index contributed by atoms with van der Waals surface area (Å²) in [5, 5.41) is 2.59. The zero-order valence-electron chi connectivity index (χ0n) is 28.6. The summed E-state index contributed by atoms with van der Waals surface area (Å²) in [5.41, 5.74) is 1.87. The Bertz CT molecular complexity index is 1240. The summed E-state index contributed by atoms with van der Waals surface area (Å²) in [7, 11) is 8.39. The molecule has 0 spiro atoms. The first-order valence-electron chi connectivity index (χ1n) is 15.3. The number of methoxy groups -OCH3 is 6. The van der Waals surface area contributed by atoms with Crippen LogP contribution in [-0.2, 0) is 35.0 Å². The summed E-state index contributed by atoms with van der Waals surface area (Å²) in [5.74, 6) is 3.27. The van der Waals surface area contributed by atoms with Crippen molar-refractivity contribution in [3.8, 4) is 28.7 Å². The molecule has 0 N–H and O–H groups in total. The van der Waals surface area contributed by atoms with Crippen molar-refractivity contribution in [3.05, 3.63) is 59.7 Å². The normalized spacial score (nSPS) is 11.1. The van der Waals surface area contributed by atoms with E-state index in [1.54, 1.807) is 42.7 Å². The Labute approximate surface area is 279 Å².